The van der Waals surface area contributed by atoms with Gasteiger partial charge in [-0.15, -0.1) is 0 Å². The van der Waals surface area contributed by atoms with Crippen LogP contribution in [-0.4, -0.2) is 48.2 Å². The highest BCUT2D eigenvalue weighted by Crippen LogP contribution is 2.37. The zero-order valence-corrected chi connectivity index (χ0v) is 11.6. The minimum absolute atomic E-state index is 0.0493. The van der Waals surface area contributed by atoms with E-state index >= 15 is 0 Å². The molecule has 1 heterocycles. The van der Waals surface area contributed by atoms with Crippen LogP contribution in [0.15, 0.2) is 17.2 Å². The van der Waals surface area contributed by atoms with Crippen LogP contribution in [-0.2, 0) is 10.0 Å². The number of nitrogens with zero attached hydrogens (tertiary/aromatic N) is 1. The van der Waals surface area contributed by atoms with Gasteiger partial charge in [0.05, 0.1) is 0 Å². The molecule has 1 aliphatic carbocycles. The third-order valence-electron chi connectivity index (χ3n) is 3.07. The number of alkyl halides is 2. The second kappa shape index (κ2) is 5.70. The predicted molar refractivity (Wildman–Crippen MR) is 66.9 cm³/mol. The molecule has 118 valence electrons. The number of carboxylic acids is 1. The molecule has 0 saturated heterocycles. The van der Waals surface area contributed by atoms with E-state index in [0.29, 0.717) is 0 Å². The van der Waals surface area contributed by atoms with E-state index in [2.05, 4.69) is 0 Å². The highest BCUT2D eigenvalue weighted by Gasteiger charge is 2.31. The van der Waals surface area contributed by atoms with E-state index in [1.807, 2.05) is 4.72 Å². The molecule has 0 bridgehead atoms. The van der Waals surface area contributed by atoms with Crippen LogP contribution < -0.4 is 4.72 Å². The second-order valence-corrected chi connectivity index (χ2v) is 6.53. The molecule has 21 heavy (non-hydrogen) atoms. The van der Waals surface area contributed by atoms with Crippen molar-refractivity contribution < 1.29 is 32.2 Å². The fourth-order valence-electron chi connectivity index (χ4n) is 1.79. The molecule has 1 atom stereocenters. The van der Waals surface area contributed by atoms with Gasteiger partial charge < -0.3 is 14.8 Å². The number of hydrogen-bond donors (Lipinski definition) is 3. The highest BCUT2D eigenvalue weighted by atomic mass is 32.2. The van der Waals surface area contributed by atoms with Gasteiger partial charge in [-0.05, 0) is 18.9 Å². The van der Waals surface area contributed by atoms with Crippen LogP contribution in [0.3, 0.4) is 0 Å². The van der Waals surface area contributed by atoms with Gasteiger partial charge in [0.25, 0.3) is 6.43 Å². The molecule has 0 aromatic carbocycles. The van der Waals surface area contributed by atoms with E-state index in [-0.39, 0.29) is 16.6 Å². The Balaban J connectivity index is 2.20. The van der Waals surface area contributed by atoms with Crippen molar-refractivity contribution in [3.05, 3.63) is 18.0 Å². The summed E-state index contributed by atoms with van der Waals surface area (Å²) in [4.78, 5) is 10.7. The van der Waals surface area contributed by atoms with Gasteiger partial charge in [0, 0.05) is 18.8 Å². The summed E-state index contributed by atoms with van der Waals surface area (Å²) in [6.45, 7) is -0.850. The molecule has 0 amide bonds. The molecule has 0 radical (unpaired) electrons. The van der Waals surface area contributed by atoms with Crippen LogP contribution >= 0.6 is 0 Å². The third kappa shape index (κ3) is 3.57. The molecule has 1 aliphatic rings. The Morgan fingerprint density at radius 2 is 2.10 bits per heavy atom. The van der Waals surface area contributed by atoms with Crippen molar-refractivity contribution in [2.75, 3.05) is 6.54 Å². The Labute approximate surface area is 119 Å². The summed E-state index contributed by atoms with van der Waals surface area (Å²) in [7, 11) is -4.16. The van der Waals surface area contributed by atoms with Gasteiger partial charge in [0.15, 0.2) is 0 Å². The number of sulfonamides is 1. The number of aromatic nitrogens is 1. The molecule has 1 aromatic heterocycles. The van der Waals surface area contributed by atoms with Crippen LogP contribution in [0.2, 0.25) is 0 Å². The largest absolute Gasteiger partial charge is 0.477 e. The van der Waals surface area contributed by atoms with Crippen molar-refractivity contribution in [1.29, 1.82) is 0 Å². The SMILES string of the molecule is O=C(O)c1cc(S(=O)(=O)NCC(O)C(F)F)cn1C1CC1. The molecule has 10 heteroatoms. The lowest BCUT2D eigenvalue weighted by Crippen LogP contribution is -2.35. The lowest BCUT2D eigenvalue weighted by molar-refractivity contribution is -0.000452. The summed E-state index contributed by atoms with van der Waals surface area (Å²) in [5, 5.41) is 17.9. The quantitative estimate of drug-likeness (QED) is 0.674. The smallest absolute Gasteiger partial charge is 0.352 e. The molecular weight excluding hydrogens is 310 g/mol. The van der Waals surface area contributed by atoms with Crippen molar-refractivity contribution in [2.45, 2.75) is 36.3 Å². The first-order valence-corrected chi connectivity index (χ1v) is 7.61. The first kappa shape index (κ1) is 15.9. The molecular formula is C11H14F2N2O5S. The van der Waals surface area contributed by atoms with Crippen LogP contribution in [0.25, 0.3) is 0 Å². The number of aliphatic hydroxyl groups is 1. The number of hydrogen-bond acceptors (Lipinski definition) is 4. The fourth-order valence-corrected chi connectivity index (χ4v) is 2.87. The molecule has 3 N–H and O–H groups in total. The van der Waals surface area contributed by atoms with Crippen molar-refractivity contribution in [2.24, 2.45) is 0 Å². The van der Waals surface area contributed by atoms with Crippen LogP contribution in [0.1, 0.15) is 29.4 Å². The third-order valence-corrected chi connectivity index (χ3v) is 4.46. The van der Waals surface area contributed by atoms with E-state index in [9.17, 15) is 22.0 Å². The van der Waals surface area contributed by atoms with Gasteiger partial charge in [-0.25, -0.2) is 26.7 Å². The molecule has 1 unspecified atom stereocenters. The maximum Gasteiger partial charge on any atom is 0.352 e. The Morgan fingerprint density at radius 3 is 2.57 bits per heavy atom. The maximum absolute atomic E-state index is 12.1. The molecule has 1 aromatic rings. The Morgan fingerprint density at radius 1 is 1.48 bits per heavy atom. The van der Waals surface area contributed by atoms with Gasteiger partial charge in [-0.1, -0.05) is 0 Å². The second-order valence-electron chi connectivity index (χ2n) is 4.76. The summed E-state index contributed by atoms with van der Waals surface area (Å²) in [5.41, 5.74) is -0.174. The number of halogens is 2. The van der Waals surface area contributed by atoms with Gasteiger partial charge in [0.1, 0.15) is 16.7 Å². The average molecular weight is 324 g/mol. The van der Waals surface area contributed by atoms with E-state index in [4.69, 9.17) is 10.2 Å². The standard InChI is InChI=1S/C11H14F2N2O5S/c12-10(13)9(16)4-14-21(19,20)7-3-8(11(17)18)15(5-7)6-1-2-6/h3,5-6,9-10,14,16H,1-2,4H2,(H,17,18). The molecule has 2 rings (SSSR count). The molecule has 0 spiro atoms. The zero-order valence-electron chi connectivity index (χ0n) is 10.7. The average Bonchev–Trinajstić information content (AvgIpc) is 3.13. The van der Waals surface area contributed by atoms with Gasteiger partial charge in [0.2, 0.25) is 10.0 Å². The predicted octanol–water partition coefficient (Wildman–Crippen LogP) is 0.425. The number of carbonyl (C=O) groups is 1. The van der Waals surface area contributed by atoms with E-state index in [1.165, 1.54) is 4.57 Å². The summed E-state index contributed by atoms with van der Waals surface area (Å²) in [6.07, 6.45) is -2.52. The monoisotopic (exact) mass is 324 g/mol. The lowest BCUT2D eigenvalue weighted by atomic mass is 10.4. The van der Waals surface area contributed by atoms with E-state index in [1.54, 1.807) is 0 Å². The number of aromatic carboxylic acids is 1. The Kier molecular flexibility index (Phi) is 4.30. The van der Waals surface area contributed by atoms with E-state index in [0.717, 1.165) is 25.1 Å². The van der Waals surface area contributed by atoms with Crippen LogP contribution in [0.5, 0.6) is 0 Å². The number of carboxylic acid groups (broad SMARTS) is 1. The van der Waals surface area contributed by atoms with Gasteiger partial charge in [-0.3, -0.25) is 0 Å². The van der Waals surface area contributed by atoms with Crippen molar-refractivity contribution in [1.82, 2.24) is 9.29 Å². The molecule has 7 nitrogen and oxygen atoms in total. The summed E-state index contributed by atoms with van der Waals surface area (Å²) < 4.78 is 51.3. The van der Waals surface area contributed by atoms with Crippen molar-refractivity contribution >= 4 is 16.0 Å². The first-order valence-electron chi connectivity index (χ1n) is 6.13. The summed E-state index contributed by atoms with van der Waals surface area (Å²) >= 11 is 0. The minimum atomic E-state index is -4.16. The van der Waals surface area contributed by atoms with Gasteiger partial charge in [-0.2, -0.15) is 0 Å². The summed E-state index contributed by atoms with van der Waals surface area (Å²) in [6, 6.07) is 0.921. The zero-order chi connectivity index (χ0) is 15.8. The first-order chi connectivity index (χ1) is 9.72. The van der Waals surface area contributed by atoms with Crippen LogP contribution in [0.4, 0.5) is 8.78 Å². The molecule has 1 fully saturated rings. The topological polar surface area (TPSA) is 109 Å². The lowest BCUT2D eigenvalue weighted by Gasteiger charge is -2.10. The number of aliphatic hydroxyl groups excluding tert-OH is 1. The molecule has 0 aliphatic heterocycles. The molecule has 1 saturated carbocycles. The normalized spacial score (nSPS) is 17.1. The highest BCUT2D eigenvalue weighted by molar-refractivity contribution is 7.89. The minimum Gasteiger partial charge on any atom is -0.477 e. The van der Waals surface area contributed by atoms with Crippen LogP contribution in [0, 0.1) is 0 Å². The maximum atomic E-state index is 12.1. The number of nitrogens with one attached hydrogen (secondary N) is 1. The van der Waals surface area contributed by atoms with Crippen molar-refractivity contribution in [3.8, 4) is 0 Å². The Hall–Kier alpha value is -1.52. The number of rotatable bonds is 7. The van der Waals surface area contributed by atoms with Crippen molar-refractivity contribution in [3.63, 3.8) is 0 Å². The summed E-state index contributed by atoms with van der Waals surface area (Å²) in [5.74, 6) is -1.27. The Bertz CT molecular complexity index is 639. The van der Waals surface area contributed by atoms with Gasteiger partial charge >= 0.3 is 5.97 Å². The van der Waals surface area contributed by atoms with E-state index < -0.39 is 35.1 Å². The fraction of sp³-hybridized carbons (Fsp3) is 0.545.